The van der Waals surface area contributed by atoms with E-state index >= 15 is 0 Å². The third kappa shape index (κ3) is 8.06. The van der Waals surface area contributed by atoms with Crippen molar-refractivity contribution in [2.24, 2.45) is 4.99 Å². The molecule has 3 heterocycles. The number of rotatable bonds is 9. The molecule has 0 atom stereocenters. The number of carbonyl (C=O) groups is 1. The molecule has 2 aliphatic rings. The third-order valence-electron chi connectivity index (χ3n) is 6.74. The lowest BCUT2D eigenvalue weighted by atomic mass is 10.1. The Bertz CT molecular complexity index is 1340. The number of piperazine rings is 1. The van der Waals surface area contributed by atoms with Crippen molar-refractivity contribution in [2.75, 3.05) is 53.4 Å². The van der Waals surface area contributed by atoms with Gasteiger partial charge in [-0.15, -0.1) is 0 Å². The molecule has 1 saturated heterocycles. The largest absolute Gasteiger partial charge is 0.457 e. The highest BCUT2D eigenvalue weighted by molar-refractivity contribution is 5.92. The summed E-state index contributed by atoms with van der Waals surface area (Å²) in [5.74, 6) is 1.36. The summed E-state index contributed by atoms with van der Waals surface area (Å²) in [4.78, 5) is 27.4. The molecular weight excluding hydrogens is 518 g/mol. The van der Waals surface area contributed by atoms with E-state index < -0.39 is 0 Å². The second-order valence-electron chi connectivity index (χ2n) is 9.71. The molecular formula is C31H39N7O3. The number of carbonyl (C=O) groups excluding carboxylic acids is 1. The Morgan fingerprint density at radius 2 is 1.98 bits per heavy atom. The fourth-order valence-corrected chi connectivity index (χ4v) is 4.58. The molecule has 10 nitrogen and oxygen atoms in total. The van der Waals surface area contributed by atoms with Gasteiger partial charge >= 0.3 is 0 Å². The van der Waals surface area contributed by atoms with Crippen molar-refractivity contribution in [3.63, 3.8) is 0 Å². The minimum atomic E-state index is -0.285. The molecule has 216 valence electrons. The predicted molar refractivity (Wildman–Crippen MR) is 162 cm³/mol. The molecule has 0 radical (unpaired) electrons. The number of pyridine rings is 1. The van der Waals surface area contributed by atoms with Crippen LogP contribution in [0.5, 0.6) is 5.75 Å². The maximum Gasteiger partial charge on any atom is 0.269 e. The molecule has 10 heteroatoms. The number of aliphatic hydroxyl groups is 1. The van der Waals surface area contributed by atoms with Crippen molar-refractivity contribution >= 4 is 23.3 Å². The number of aromatic nitrogens is 1. The first kappa shape index (κ1) is 29.6. The van der Waals surface area contributed by atoms with Crippen molar-refractivity contribution < 1.29 is 14.6 Å². The maximum absolute atomic E-state index is 11.9. The van der Waals surface area contributed by atoms with E-state index in [0.717, 1.165) is 50.4 Å². The number of nitrogens with zero attached hydrogens (tertiary/aromatic N) is 5. The standard InChI is InChI=1S/C31H39N7O3/c1-5-6-29(38-17-15-37(16-18-38)19-20-39)24-7-9-25(10-8-24)35-31-34-23(2)21-27(12-14-36(31)4)41-26-11-13-33-28(22-26)30(40)32-3/h6-14,21-22,39H,2,5,15-20H2,1,3-4H3,(H,32,40)(H,34,35)/b14-12-,27-21+,29-6-. The van der Waals surface area contributed by atoms with E-state index in [1.807, 2.05) is 36.4 Å². The molecule has 1 amide bonds. The number of hydrogen-bond donors (Lipinski definition) is 3. The van der Waals surface area contributed by atoms with E-state index in [0.29, 0.717) is 23.2 Å². The Kier molecular flexibility index (Phi) is 10.3. The zero-order chi connectivity index (χ0) is 29.2. The smallest absolute Gasteiger partial charge is 0.269 e. The van der Waals surface area contributed by atoms with Crippen LogP contribution in [0.25, 0.3) is 5.70 Å². The van der Waals surface area contributed by atoms with Crippen molar-refractivity contribution in [3.8, 4) is 5.75 Å². The molecule has 2 aliphatic heterocycles. The topological polar surface area (TPSA) is 106 Å². The van der Waals surface area contributed by atoms with E-state index in [2.05, 4.69) is 57.1 Å². The molecule has 1 aromatic carbocycles. The lowest BCUT2D eigenvalue weighted by Crippen LogP contribution is -2.46. The molecule has 41 heavy (non-hydrogen) atoms. The van der Waals surface area contributed by atoms with Crippen molar-refractivity contribution in [3.05, 3.63) is 96.3 Å². The van der Waals surface area contributed by atoms with Gasteiger partial charge in [0.25, 0.3) is 5.91 Å². The van der Waals surface area contributed by atoms with Crippen LogP contribution in [-0.4, -0.2) is 90.1 Å². The summed E-state index contributed by atoms with van der Waals surface area (Å²) in [5.41, 5.74) is 4.08. The fourth-order valence-electron chi connectivity index (χ4n) is 4.58. The number of guanidine groups is 1. The lowest BCUT2D eigenvalue weighted by molar-refractivity contribution is 0.0957. The highest BCUT2D eigenvalue weighted by Gasteiger charge is 2.19. The summed E-state index contributed by atoms with van der Waals surface area (Å²) in [6.07, 6.45) is 10.2. The summed E-state index contributed by atoms with van der Waals surface area (Å²) >= 11 is 0. The Balaban J connectivity index is 1.44. The number of allylic oxidation sites excluding steroid dienone is 3. The van der Waals surface area contributed by atoms with Gasteiger partial charge in [-0.05, 0) is 36.3 Å². The number of β-amino-alcohol motifs (C(OH)–C–C–N with tert-alkyl or cyclic N) is 1. The summed E-state index contributed by atoms with van der Waals surface area (Å²) in [7, 11) is 3.45. The first-order valence-electron chi connectivity index (χ1n) is 13.8. The van der Waals surface area contributed by atoms with Crippen LogP contribution in [0.2, 0.25) is 0 Å². The van der Waals surface area contributed by atoms with Gasteiger partial charge in [-0.25, -0.2) is 4.99 Å². The van der Waals surface area contributed by atoms with E-state index in [4.69, 9.17) is 9.73 Å². The quantitative estimate of drug-likeness (QED) is 0.431. The van der Waals surface area contributed by atoms with Gasteiger partial charge in [0.2, 0.25) is 5.96 Å². The van der Waals surface area contributed by atoms with Crippen LogP contribution in [-0.2, 0) is 0 Å². The Morgan fingerprint density at radius 3 is 2.66 bits per heavy atom. The van der Waals surface area contributed by atoms with Gasteiger partial charge in [0, 0.05) is 82.8 Å². The fraction of sp³-hybridized carbons (Fsp3) is 0.323. The number of amides is 1. The van der Waals surface area contributed by atoms with E-state index in [-0.39, 0.29) is 18.2 Å². The monoisotopic (exact) mass is 557 g/mol. The van der Waals surface area contributed by atoms with Gasteiger partial charge in [-0.2, -0.15) is 0 Å². The van der Waals surface area contributed by atoms with E-state index in [1.54, 1.807) is 25.3 Å². The number of hydrogen-bond acceptors (Lipinski definition) is 7. The van der Waals surface area contributed by atoms with Crippen LogP contribution in [0, 0.1) is 0 Å². The maximum atomic E-state index is 11.9. The number of benzene rings is 1. The Morgan fingerprint density at radius 1 is 1.22 bits per heavy atom. The first-order chi connectivity index (χ1) is 19.9. The summed E-state index contributed by atoms with van der Waals surface area (Å²) in [5, 5.41) is 15.1. The Labute approximate surface area is 242 Å². The lowest BCUT2D eigenvalue weighted by Gasteiger charge is -2.37. The Hall–Kier alpha value is -4.41. The zero-order valence-corrected chi connectivity index (χ0v) is 24.0. The van der Waals surface area contributed by atoms with Crippen molar-refractivity contribution in [2.45, 2.75) is 13.3 Å². The van der Waals surface area contributed by atoms with Crippen LogP contribution < -0.4 is 15.4 Å². The molecule has 0 unspecified atom stereocenters. The van der Waals surface area contributed by atoms with Gasteiger partial charge in [0.05, 0.1) is 12.3 Å². The first-order valence-corrected chi connectivity index (χ1v) is 13.8. The average Bonchev–Trinajstić information content (AvgIpc) is 2.98. The van der Waals surface area contributed by atoms with Gasteiger partial charge in [0.15, 0.2) is 0 Å². The summed E-state index contributed by atoms with van der Waals surface area (Å²) < 4.78 is 5.99. The second-order valence-corrected chi connectivity index (χ2v) is 9.71. The molecule has 3 N–H and O–H groups in total. The molecule has 4 rings (SSSR count). The molecule has 0 spiro atoms. The SMILES string of the molecule is C=C1/C=C(Oc2ccnc(C(=O)NC)c2)\C=C/N(C)C(=Nc2ccc(/C(=C/CC)N3CCN(CCO)CC3)cc2)N1. The molecule has 0 saturated carbocycles. The van der Waals surface area contributed by atoms with E-state index in [1.165, 1.54) is 11.9 Å². The molecule has 0 aliphatic carbocycles. The van der Waals surface area contributed by atoms with E-state index in [9.17, 15) is 9.90 Å². The minimum absolute atomic E-state index is 0.201. The van der Waals surface area contributed by atoms with Gasteiger partial charge in [0.1, 0.15) is 17.2 Å². The van der Waals surface area contributed by atoms with Gasteiger partial charge < -0.3 is 30.3 Å². The molecule has 2 aromatic rings. The second kappa shape index (κ2) is 14.3. The highest BCUT2D eigenvalue weighted by Crippen LogP contribution is 2.25. The van der Waals surface area contributed by atoms with Crippen LogP contribution >= 0.6 is 0 Å². The van der Waals surface area contributed by atoms with Crippen LogP contribution in [0.15, 0.2) is 90.1 Å². The van der Waals surface area contributed by atoms with Crippen LogP contribution in [0.4, 0.5) is 5.69 Å². The summed E-state index contributed by atoms with van der Waals surface area (Å²) in [6.45, 7) is 11.0. The number of nitrogens with one attached hydrogen (secondary N) is 2. The average molecular weight is 558 g/mol. The van der Waals surface area contributed by atoms with Crippen molar-refractivity contribution in [1.82, 2.24) is 30.3 Å². The number of aliphatic hydroxyl groups excluding tert-OH is 1. The normalized spacial score (nSPS) is 19.6. The van der Waals surface area contributed by atoms with Gasteiger partial charge in [-0.1, -0.05) is 31.7 Å². The summed E-state index contributed by atoms with van der Waals surface area (Å²) in [6, 6.07) is 11.5. The number of aliphatic imine (C=N–C) groups is 1. The number of ether oxygens (including phenoxy) is 1. The molecule has 1 fully saturated rings. The predicted octanol–water partition coefficient (Wildman–Crippen LogP) is 3.31. The highest BCUT2D eigenvalue weighted by atomic mass is 16.5. The van der Waals surface area contributed by atoms with Gasteiger partial charge in [-0.3, -0.25) is 14.7 Å². The molecule has 0 bridgehead atoms. The minimum Gasteiger partial charge on any atom is -0.457 e. The zero-order valence-electron chi connectivity index (χ0n) is 24.0. The van der Waals surface area contributed by atoms with Crippen molar-refractivity contribution in [1.29, 1.82) is 0 Å². The van der Waals surface area contributed by atoms with Crippen LogP contribution in [0.1, 0.15) is 29.4 Å². The van der Waals surface area contributed by atoms with Crippen LogP contribution in [0.3, 0.4) is 0 Å². The molecule has 1 aromatic heterocycles. The third-order valence-corrected chi connectivity index (χ3v) is 6.74.